The number of ether oxygens (including phenoxy) is 1. The summed E-state index contributed by atoms with van der Waals surface area (Å²) >= 11 is 0. The van der Waals surface area contributed by atoms with Gasteiger partial charge in [0.2, 0.25) is 5.91 Å². The molecule has 2 aliphatic heterocycles. The zero-order valence-electron chi connectivity index (χ0n) is 16.9. The van der Waals surface area contributed by atoms with E-state index in [0.29, 0.717) is 13.1 Å². The van der Waals surface area contributed by atoms with E-state index < -0.39 is 17.1 Å². The van der Waals surface area contributed by atoms with Crippen LogP contribution in [0, 0.1) is 11.2 Å². The van der Waals surface area contributed by atoms with Crippen molar-refractivity contribution in [1.29, 1.82) is 0 Å². The van der Waals surface area contributed by atoms with Gasteiger partial charge in [0.1, 0.15) is 11.4 Å². The second kappa shape index (κ2) is 8.07. The van der Waals surface area contributed by atoms with E-state index in [-0.39, 0.29) is 17.6 Å². The zero-order chi connectivity index (χ0) is 20.4. The number of hydrogen-bond donors (Lipinski definition) is 2. The fraction of sp³-hybridized carbons (Fsp3) is 0.619. The maximum absolute atomic E-state index is 13.3. The quantitative estimate of drug-likeness (QED) is 0.828. The topological polar surface area (TPSA) is 70.7 Å². The number of carbonyl (C=O) groups is 2. The Morgan fingerprint density at radius 1 is 1.29 bits per heavy atom. The second-order valence-corrected chi connectivity index (χ2v) is 8.74. The molecule has 6 nitrogen and oxygen atoms in total. The average Bonchev–Trinajstić information content (AvgIpc) is 2.92. The molecule has 154 valence electrons. The van der Waals surface area contributed by atoms with Crippen molar-refractivity contribution in [3.05, 3.63) is 35.6 Å². The van der Waals surface area contributed by atoms with Crippen LogP contribution in [0.15, 0.2) is 24.3 Å². The first-order chi connectivity index (χ1) is 13.2. The number of halogens is 1. The Labute approximate surface area is 165 Å². The van der Waals surface area contributed by atoms with Gasteiger partial charge in [-0.25, -0.2) is 9.18 Å². The van der Waals surface area contributed by atoms with E-state index in [1.807, 2.05) is 20.8 Å². The molecule has 1 spiro atoms. The summed E-state index contributed by atoms with van der Waals surface area (Å²) in [7, 11) is 0. The van der Waals surface area contributed by atoms with Gasteiger partial charge in [0.05, 0.1) is 5.41 Å². The van der Waals surface area contributed by atoms with Crippen molar-refractivity contribution in [1.82, 2.24) is 15.5 Å². The van der Waals surface area contributed by atoms with Gasteiger partial charge in [-0.2, -0.15) is 0 Å². The van der Waals surface area contributed by atoms with Crippen LogP contribution in [0.5, 0.6) is 0 Å². The van der Waals surface area contributed by atoms with Crippen LogP contribution in [0.3, 0.4) is 0 Å². The van der Waals surface area contributed by atoms with Gasteiger partial charge in [-0.05, 0) is 64.4 Å². The number of nitrogens with zero attached hydrogens (tertiary/aromatic N) is 1. The predicted molar refractivity (Wildman–Crippen MR) is 104 cm³/mol. The number of rotatable bonds is 4. The van der Waals surface area contributed by atoms with E-state index in [0.717, 1.165) is 38.0 Å². The average molecular weight is 391 g/mol. The maximum atomic E-state index is 13.3. The lowest BCUT2D eigenvalue weighted by Crippen LogP contribution is -2.47. The Hall–Kier alpha value is -2.15. The minimum Gasteiger partial charge on any atom is -0.444 e. The van der Waals surface area contributed by atoms with Crippen molar-refractivity contribution in [2.45, 2.75) is 45.1 Å². The molecule has 1 atom stereocenters. The smallest absolute Gasteiger partial charge is 0.407 e. The minimum absolute atomic E-state index is 0.0719. The lowest BCUT2D eigenvalue weighted by atomic mass is 9.68. The summed E-state index contributed by atoms with van der Waals surface area (Å²) in [5.74, 6) is -0.0848. The number of carbonyl (C=O) groups excluding carboxylic acids is 2. The minimum atomic E-state index is -0.507. The first-order valence-corrected chi connectivity index (χ1v) is 9.93. The van der Waals surface area contributed by atoms with Gasteiger partial charge in [-0.3, -0.25) is 4.79 Å². The summed E-state index contributed by atoms with van der Waals surface area (Å²) in [6.07, 6.45) is 1.10. The summed E-state index contributed by atoms with van der Waals surface area (Å²) in [5, 5.41) is 5.79. The Balaban J connectivity index is 1.53. The molecule has 2 amide bonds. The highest BCUT2D eigenvalue weighted by atomic mass is 19.1. The molecule has 2 fully saturated rings. The highest BCUT2D eigenvalue weighted by Crippen LogP contribution is 2.47. The van der Waals surface area contributed by atoms with E-state index in [1.54, 1.807) is 12.1 Å². The van der Waals surface area contributed by atoms with Gasteiger partial charge in [0.15, 0.2) is 0 Å². The van der Waals surface area contributed by atoms with Crippen molar-refractivity contribution in [2.75, 3.05) is 32.7 Å². The normalized spacial score (nSPS) is 22.1. The summed E-state index contributed by atoms with van der Waals surface area (Å²) in [6, 6.07) is 6.50. The van der Waals surface area contributed by atoms with Gasteiger partial charge in [-0.1, -0.05) is 12.1 Å². The van der Waals surface area contributed by atoms with Crippen molar-refractivity contribution in [3.8, 4) is 0 Å². The third kappa shape index (κ3) is 4.63. The highest BCUT2D eigenvalue weighted by molar-refractivity contribution is 5.86. The van der Waals surface area contributed by atoms with Gasteiger partial charge >= 0.3 is 6.09 Å². The number of likely N-dealkylation sites (tertiary alicyclic amines) is 1. The van der Waals surface area contributed by atoms with E-state index in [4.69, 9.17) is 4.74 Å². The fourth-order valence-electron chi connectivity index (χ4n) is 4.24. The van der Waals surface area contributed by atoms with Crippen molar-refractivity contribution in [3.63, 3.8) is 0 Å². The molecule has 0 saturated carbocycles. The van der Waals surface area contributed by atoms with Crippen LogP contribution in [0.4, 0.5) is 9.18 Å². The number of piperidine rings is 1. The SMILES string of the molecule is CC(C)(C)OC(=O)NCCN1CCC2(CC1)C(=O)NCC2c1ccc(F)cc1. The van der Waals surface area contributed by atoms with E-state index >= 15 is 0 Å². The molecular weight excluding hydrogens is 361 g/mol. The lowest BCUT2D eigenvalue weighted by Gasteiger charge is -2.41. The Morgan fingerprint density at radius 2 is 1.93 bits per heavy atom. The van der Waals surface area contributed by atoms with Crippen LogP contribution >= 0.6 is 0 Å². The van der Waals surface area contributed by atoms with Crippen LogP contribution < -0.4 is 10.6 Å². The van der Waals surface area contributed by atoms with Gasteiger partial charge in [0, 0.05) is 25.6 Å². The molecule has 0 aliphatic carbocycles. The fourth-order valence-corrected chi connectivity index (χ4v) is 4.24. The highest BCUT2D eigenvalue weighted by Gasteiger charge is 2.51. The standard InChI is InChI=1S/C21H30FN3O3/c1-20(2,3)28-19(27)23-10-13-25-11-8-21(9-12-25)17(14-24-18(21)26)15-4-6-16(22)7-5-15/h4-7,17H,8-14H2,1-3H3,(H,23,27)(H,24,26). The van der Waals surface area contributed by atoms with E-state index in [2.05, 4.69) is 15.5 Å². The first-order valence-electron chi connectivity index (χ1n) is 9.93. The summed E-state index contributed by atoms with van der Waals surface area (Å²) in [4.78, 5) is 26.7. The van der Waals surface area contributed by atoms with Crippen LogP contribution in [0.2, 0.25) is 0 Å². The second-order valence-electron chi connectivity index (χ2n) is 8.74. The largest absolute Gasteiger partial charge is 0.444 e. The van der Waals surface area contributed by atoms with Crippen LogP contribution in [0.25, 0.3) is 0 Å². The van der Waals surface area contributed by atoms with Gasteiger partial charge < -0.3 is 20.3 Å². The number of amides is 2. The molecule has 3 rings (SSSR count). The van der Waals surface area contributed by atoms with Crippen LogP contribution in [-0.4, -0.2) is 55.2 Å². The summed E-state index contributed by atoms with van der Waals surface area (Å²) < 4.78 is 18.5. The van der Waals surface area contributed by atoms with Gasteiger partial charge in [-0.15, -0.1) is 0 Å². The third-order valence-corrected chi connectivity index (χ3v) is 5.70. The monoisotopic (exact) mass is 391 g/mol. The van der Waals surface area contributed by atoms with Crippen LogP contribution in [-0.2, 0) is 9.53 Å². The molecule has 0 aromatic heterocycles. The summed E-state index contributed by atoms with van der Waals surface area (Å²) in [6.45, 7) is 8.92. The molecule has 2 saturated heterocycles. The van der Waals surface area contributed by atoms with Crippen molar-refractivity contribution in [2.24, 2.45) is 5.41 Å². The Bertz CT molecular complexity index is 707. The number of hydrogen-bond acceptors (Lipinski definition) is 4. The Morgan fingerprint density at radius 3 is 2.54 bits per heavy atom. The molecule has 0 bridgehead atoms. The molecule has 7 heteroatoms. The molecule has 2 N–H and O–H groups in total. The maximum Gasteiger partial charge on any atom is 0.407 e. The third-order valence-electron chi connectivity index (χ3n) is 5.70. The van der Waals surface area contributed by atoms with Crippen molar-refractivity contribution >= 4 is 12.0 Å². The predicted octanol–water partition coefficient (Wildman–Crippen LogP) is 2.65. The Kier molecular flexibility index (Phi) is 5.93. The molecule has 28 heavy (non-hydrogen) atoms. The zero-order valence-corrected chi connectivity index (χ0v) is 16.9. The first kappa shape index (κ1) is 20.6. The number of alkyl carbamates (subject to hydrolysis) is 1. The molecular formula is C21H30FN3O3. The molecule has 1 unspecified atom stereocenters. The summed E-state index contributed by atoms with van der Waals surface area (Å²) in [5.41, 5.74) is 0.0829. The van der Waals surface area contributed by atoms with Crippen molar-refractivity contribution < 1.29 is 18.7 Å². The molecule has 1 aromatic carbocycles. The van der Waals surface area contributed by atoms with Gasteiger partial charge in [0.25, 0.3) is 0 Å². The lowest BCUT2D eigenvalue weighted by molar-refractivity contribution is -0.130. The molecule has 2 heterocycles. The molecule has 2 aliphatic rings. The molecule has 0 radical (unpaired) electrons. The number of nitrogens with one attached hydrogen (secondary N) is 2. The van der Waals surface area contributed by atoms with E-state index in [9.17, 15) is 14.0 Å². The van der Waals surface area contributed by atoms with Crippen LogP contribution in [0.1, 0.15) is 45.1 Å². The van der Waals surface area contributed by atoms with E-state index in [1.165, 1.54) is 12.1 Å². The molecule has 1 aromatic rings. The number of benzene rings is 1.